The molecular formula is C21H31FN4O2S. The van der Waals surface area contributed by atoms with E-state index in [-0.39, 0.29) is 29.4 Å². The zero-order chi connectivity index (χ0) is 22.2. The topological polar surface area (TPSA) is 74.7 Å². The monoisotopic (exact) mass is 422 g/mol. The van der Waals surface area contributed by atoms with Crippen LogP contribution in [-0.2, 0) is 0 Å². The molecule has 1 aromatic heterocycles. The Morgan fingerprint density at radius 1 is 1.38 bits per heavy atom. The van der Waals surface area contributed by atoms with E-state index in [0.717, 1.165) is 12.3 Å². The van der Waals surface area contributed by atoms with Crippen molar-refractivity contribution in [3.05, 3.63) is 47.3 Å². The molecule has 0 amide bonds. The van der Waals surface area contributed by atoms with Crippen molar-refractivity contribution in [3.8, 4) is 0 Å². The molecule has 1 heterocycles. The van der Waals surface area contributed by atoms with Gasteiger partial charge in [0.1, 0.15) is 5.69 Å². The standard InChI is InChI=1S/C19H25FN4O2S.C2H6/c1-5-6-15(21-3)12-24(20)19-8-7-16(17(13-25)23-19)18(26)11-14(2)22-9-10-27-4;1-2/h5-8,11,13,22H,9-10,12H2,1-4H3;1-2H3/b6-5-,14-11+,21-15?;. The van der Waals surface area contributed by atoms with Gasteiger partial charge in [0.15, 0.2) is 17.9 Å². The lowest BCUT2D eigenvalue weighted by Crippen LogP contribution is -2.22. The van der Waals surface area contributed by atoms with Gasteiger partial charge >= 0.3 is 0 Å². The number of carbonyl (C=O) groups excluding carboxylic acids is 2. The van der Waals surface area contributed by atoms with Crippen LogP contribution < -0.4 is 10.4 Å². The average Bonchev–Trinajstić information content (AvgIpc) is 2.74. The van der Waals surface area contributed by atoms with Gasteiger partial charge in [-0.2, -0.15) is 16.9 Å². The Balaban J connectivity index is 0.00000379. The van der Waals surface area contributed by atoms with Gasteiger partial charge in [0.05, 0.1) is 17.8 Å². The molecule has 0 aliphatic heterocycles. The van der Waals surface area contributed by atoms with Crippen molar-refractivity contribution in [2.24, 2.45) is 4.99 Å². The molecule has 0 fully saturated rings. The van der Waals surface area contributed by atoms with Gasteiger partial charge in [-0.05, 0) is 38.3 Å². The Labute approximate surface area is 177 Å². The van der Waals surface area contributed by atoms with Gasteiger partial charge in [-0.15, -0.1) is 0 Å². The number of aliphatic imine (C=N–C) groups is 1. The fourth-order valence-corrected chi connectivity index (χ4v) is 2.49. The highest BCUT2D eigenvalue weighted by Crippen LogP contribution is 2.16. The van der Waals surface area contributed by atoms with Gasteiger partial charge in [0, 0.05) is 31.1 Å². The lowest BCUT2D eigenvalue weighted by Gasteiger charge is -2.14. The zero-order valence-electron chi connectivity index (χ0n) is 18.0. The molecule has 0 aliphatic rings. The molecule has 160 valence electrons. The summed E-state index contributed by atoms with van der Waals surface area (Å²) in [6, 6.07) is 2.78. The number of nitrogens with zero attached hydrogens (tertiary/aromatic N) is 3. The number of allylic oxidation sites excluding steroid dienone is 3. The van der Waals surface area contributed by atoms with Crippen molar-refractivity contribution in [3.63, 3.8) is 0 Å². The van der Waals surface area contributed by atoms with Crippen LogP contribution in [0.3, 0.4) is 0 Å². The summed E-state index contributed by atoms with van der Waals surface area (Å²) < 4.78 is 14.4. The first kappa shape index (κ1) is 26.5. The van der Waals surface area contributed by atoms with Crippen LogP contribution in [0, 0.1) is 0 Å². The van der Waals surface area contributed by atoms with Gasteiger partial charge in [-0.25, -0.2) is 4.98 Å². The van der Waals surface area contributed by atoms with Gasteiger partial charge in [0.2, 0.25) is 0 Å². The summed E-state index contributed by atoms with van der Waals surface area (Å²) in [6.07, 6.45) is 7.30. The molecule has 0 radical (unpaired) electrons. The summed E-state index contributed by atoms with van der Waals surface area (Å²) in [7, 11) is 1.57. The van der Waals surface area contributed by atoms with Crippen LogP contribution >= 0.6 is 11.8 Å². The second kappa shape index (κ2) is 15.4. The Hall–Kier alpha value is -2.48. The quantitative estimate of drug-likeness (QED) is 0.143. The fraction of sp³-hybridized carbons (Fsp3) is 0.429. The Kier molecular flexibility index (Phi) is 14.1. The van der Waals surface area contributed by atoms with Crippen molar-refractivity contribution in [2.75, 3.05) is 37.3 Å². The molecule has 6 nitrogen and oxygen atoms in total. The lowest BCUT2D eigenvalue weighted by atomic mass is 10.1. The molecule has 0 bridgehead atoms. The number of ketones is 1. The number of aromatic nitrogens is 1. The number of hydrogen-bond donors (Lipinski definition) is 1. The molecule has 0 atom stereocenters. The molecule has 29 heavy (non-hydrogen) atoms. The fourth-order valence-electron chi connectivity index (χ4n) is 2.19. The van der Waals surface area contributed by atoms with Crippen LogP contribution in [0.5, 0.6) is 0 Å². The van der Waals surface area contributed by atoms with E-state index >= 15 is 0 Å². The molecule has 0 aromatic carbocycles. The minimum absolute atomic E-state index is 0.0573. The van der Waals surface area contributed by atoms with Crippen LogP contribution in [0.15, 0.2) is 41.1 Å². The van der Waals surface area contributed by atoms with E-state index < -0.39 is 0 Å². The van der Waals surface area contributed by atoms with E-state index in [1.54, 1.807) is 37.9 Å². The maximum atomic E-state index is 14.4. The highest BCUT2D eigenvalue weighted by molar-refractivity contribution is 7.98. The maximum Gasteiger partial charge on any atom is 0.189 e. The third-order valence-electron chi connectivity index (χ3n) is 3.54. The van der Waals surface area contributed by atoms with E-state index in [1.807, 2.05) is 27.0 Å². The molecule has 8 heteroatoms. The molecule has 0 saturated carbocycles. The highest BCUT2D eigenvalue weighted by atomic mass is 32.2. The predicted molar refractivity (Wildman–Crippen MR) is 122 cm³/mol. The first-order chi connectivity index (χ1) is 14.0. The second-order valence-corrected chi connectivity index (χ2v) is 6.55. The van der Waals surface area contributed by atoms with Crippen molar-refractivity contribution in [2.45, 2.75) is 27.7 Å². The Morgan fingerprint density at radius 2 is 2.07 bits per heavy atom. The van der Waals surface area contributed by atoms with Crippen molar-refractivity contribution in [1.82, 2.24) is 10.3 Å². The van der Waals surface area contributed by atoms with Crippen molar-refractivity contribution in [1.29, 1.82) is 0 Å². The van der Waals surface area contributed by atoms with E-state index in [1.165, 1.54) is 18.2 Å². The minimum Gasteiger partial charge on any atom is -0.388 e. The second-order valence-electron chi connectivity index (χ2n) is 5.57. The van der Waals surface area contributed by atoms with E-state index in [9.17, 15) is 14.1 Å². The molecule has 0 unspecified atom stereocenters. The number of nitrogens with one attached hydrogen (secondary N) is 1. The molecule has 0 aliphatic carbocycles. The molecule has 1 aromatic rings. The Morgan fingerprint density at radius 3 is 2.62 bits per heavy atom. The highest BCUT2D eigenvalue weighted by Gasteiger charge is 2.15. The molecule has 0 saturated heterocycles. The lowest BCUT2D eigenvalue weighted by molar-refractivity contribution is 0.103. The molecule has 0 spiro atoms. The number of halogens is 1. The predicted octanol–water partition coefficient (Wildman–Crippen LogP) is 4.30. The summed E-state index contributed by atoms with van der Waals surface area (Å²) in [4.78, 5) is 31.7. The van der Waals surface area contributed by atoms with Gasteiger partial charge in [0.25, 0.3) is 0 Å². The first-order valence-electron chi connectivity index (χ1n) is 9.40. The third kappa shape index (κ3) is 9.51. The molecule has 1 rings (SSSR count). The summed E-state index contributed by atoms with van der Waals surface area (Å²) in [5.74, 6) is 0.496. The van der Waals surface area contributed by atoms with Crippen LogP contribution in [0.25, 0.3) is 0 Å². The molecule has 1 N–H and O–H groups in total. The minimum atomic E-state index is -0.361. The molecular weight excluding hydrogens is 391 g/mol. The number of thioether (sulfide) groups is 1. The summed E-state index contributed by atoms with van der Waals surface area (Å²) >= 11 is 1.69. The first-order valence-corrected chi connectivity index (χ1v) is 10.8. The van der Waals surface area contributed by atoms with E-state index in [4.69, 9.17) is 0 Å². The normalized spacial score (nSPS) is 11.7. The number of anilines is 1. The number of hydrogen-bond acceptors (Lipinski definition) is 7. The summed E-state index contributed by atoms with van der Waals surface area (Å²) in [5, 5.41) is 3.50. The van der Waals surface area contributed by atoms with E-state index in [0.29, 0.717) is 22.8 Å². The number of pyridine rings is 1. The smallest absolute Gasteiger partial charge is 0.189 e. The largest absolute Gasteiger partial charge is 0.388 e. The van der Waals surface area contributed by atoms with Gasteiger partial charge in [-0.1, -0.05) is 24.4 Å². The number of rotatable bonds is 11. The third-order valence-corrected chi connectivity index (χ3v) is 4.15. The van der Waals surface area contributed by atoms with Crippen LogP contribution in [0.4, 0.5) is 10.3 Å². The number of aldehydes is 1. The van der Waals surface area contributed by atoms with Gasteiger partial charge < -0.3 is 5.32 Å². The van der Waals surface area contributed by atoms with Crippen LogP contribution in [-0.4, -0.2) is 54.9 Å². The van der Waals surface area contributed by atoms with E-state index in [2.05, 4.69) is 15.3 Å². The SMILES string of the molecule is C/C=C\C(CN(F)c1ccc(C(=O)/C=C(\C)NCCSC)c(C=O)n1)=NC.CC. The van der Waals surface area contributed by atoms with Crippen molar-refractivity contribution < 1.29 is 14.1 Å². The van der Waals surface area contributed by atoms with Crippen molar-refractivity contribution >= 4 is 35.4 Å². The maximum absolute atomic E-state index is 14.4. The Bertz CT molecular complexity index is 748. The number of carbonyl (C=O) groups is 2. The van der Waals surface area contributed by atoms with Gasteiger partial charge in [-0.3, -0.25) is 14.6 Å². The summed E-state index contributed by atoms with van der Waals surface area (Å²) in [5.41, 5.74) is 1.24. The summed E-state index contributed by atoms with van der Waals surface area (Å²) in [6.45, 7) is 8.20. The van der Waals surface area contributed by atoms with Crippen LogP contribution in [0.1, 0.15) is 48.5 Å². The average molecular weight is 423 g/mol. The van der Waals surface area contributed by atoms with Crippen LogP contribution in [0.2, 0.25) is 0 Å². The zero-order valence-corrected chi connectivity index (χ0v) is 18.8.